The highest BCUT2D eigenvalue weighted by molar-refractivity contribution is 6.19. The maximum atomic E-state index is 12.8. The minimum atomic E-state index is -1.48. The second-order valence-electron chi connectivity index (χ2n) is 5.80. The molecule has 0 bridgehead atoms. The van der Waals surface area contributed by atoms with E-state index >= 15 is 0 Å². The summed E-state index contributed by atoms with van der Waals surface area (Å²) in [4.78, 5) is 25.2. The van der Waals surface area contributed by atoms with Crippen LogP contribution in [0.2, 0.25) is 0 Å². The Kier molecular flexibility index (Phi) is 4.72. The van der Waals surface area contributed by atoms with Crippen molar-refractivity contribution in [1.29, 1.82) is 5.26 Å². The van der Waals surface area contributed by atoms with E-state index in [1.54, 1.807) is 42.5 Å². The summed E-state index contributed by atoms with van der Waals surface area (Å²) in [5.74, 6) is -2.24. The van der Waals surface area contributed by atoms with Crippen molar-refractivity contribution in [3.63, 3.8) is 0 Å². The van der Waals surface area contributed by atoms with Crippen molar-refractivity contribution in [2.75, 3.05) is 12.4 Å². The van der Waals surface area contributed by atoms with E-state index in [0.29, 0.717) is 22.4 Å². The van der Waals surface area contributed by atoms with Gasteiger partial charge in [-0.05, 0) is 42.8 Å². The normalized spacial score (nSPS) is 11.6. The lowest BCUT2D eigenvalue weighted by Crippen LogP contribution is -2.28. The van der Waals surface area contributed by atoms with Crippen molar-refractivity contribution in [1.82, 2.24) is 0 Å². The van der Waals surface area contributed by atoms with Crippen molar-refractivity contribution >= 4 is 28.3 Å². The fraction of sp³-hybridized carbons (Fsp3) is 0.150. The standard InChI is InChI=1S/C20H16N2O4/c1-12-4-3-5-13(8-12)22-20(24)16(10-21)19(23)17-11-26-18-7-6-14(25-2)9-15(17)18/h3-9,11,16H,1-2H3,(H,22,24). The van der Waals surface area contributed by atoms with Crippen LogP contribution in [0, 0.1) is 24.2 Å². The van der Waals surface area contributed by atoms with Gasteiger partial charge in [0.05, 0.1) is 18.7 Å². The molecule has 130 valence electrons. The van der Waals surface area contributed by atoms with Crippen molar-refractivity contribution < 1.29 is 18.7 Å². The molecule has 1 aromatic heterocycles. The summed E-state index contributed by atoms with van der Waals surface area (Å²) in [6, 6.07) is 13.9. The Morgan fingerprint density at radius 2 is 2.04 bits per heavy atom. The molecule has 0 spiro atoms. The molecule has 26 heavy (non-hydrogen) atoms. The number of aryl methyl sites for hydroxylation is 1. The number of methoxy groups -OCH3 is 1. The minimum Gasteiger partial charge on any atom is -0.497 e. The SMILES string of the molecule is COc1ccc2occ(C(=O)C(C#N)C(=O)Nc3cccc(C)c3)c2c1. The number of hydrogen-bond donors (Lipinski definition) is 1. The number of carbonyl (C=O) groups excluding carboxylic acids is 2. The number of Topliss-reactive ketones (excluding diaryl/α,β-unsaturated/α-hetero) is 1. The molecular formula is C20H16N2O4. The Morgan fingerprint density at radius 1 is 1.23 bits per heavy atom. The van der Waals surface area contributed by atoms with Gasteiger partial charge in [0.25, 0.3) is 0 Å². The minimum absolute atomic E-state index is 0.171. The van der Waals surface area contributed by atoms with Crippen LogP contribution in [0.5, 0.6) is 5.75 Å². The first-order valence-corrected chi connectivity index (χ1v) is 7.90. The number of carbonyl (C=O) groups is 2. The molecule has 1 unspecified atom stereocenters. The predicted octanol–water partition coefficient (Wildman–Crippen LogP) is 3.71. The monoisotopic (exact) mass is 348 g/mol. The number of anilines is 1. The van der Waals surface area contributed by atoms with Gasteiger partial charge in [-0.25, -0.2) is 0 Å². The average molecular weight is 348 g/mol. The molecule has 1 amide bonds. The lowest BCUT2D eigenvalue weighted by Gasteiger charge is -2.09. The largest absolute Gasteiger partial charge is 0.497 e. The topological polar surface area (TPSA) is 92.3 Å². The van der Waals surface area contributed by atoms with E-state index in [-0.39, 0.29) is 5.56 Å². The van der Waals surface area contributed by atoms with Crippen LogP contribution in [0.1, 0.15) is 15.9 Å². The number of benzene rings is 2. The van der Waals surface area contributed by atoms with Gasteiger partial charge in [0, 0.05) is 11.1 Å². The number of rotatable bonds is 5. The third-order valence-electron chi connectivity index (χ3n) is 3.99. The van der Waals surface area contributed by atoms with E-state index in [9.17, 15) is 14.9 Å². The summed E-state index contributed by atoms with van der Waals surface area (Å²) in [5.41, 5.74) is 2.13. The van der Waals surface area contributed by atoms with Crippen LogP contribution in [-0.4, -0.2) is 18.8 Å². The molecular weight excluding hydrogens is 332 g/mol. The summed E-state index contributed by atoms with van der Waals surface area (Å²) >= 11 is 0. The van der Waals surface area contributed by atoms with E-state index in [0.717, 1.165) is 5.56 Å². The Morgan fingerprint density at radius 3 is 2.73 bits per heavy atom. The van der Waals surface area contributed by atoms with Crippen LogP contribution in [0.4, 0.5) is 5.69 Å². The number of nitrogens with zero attached hydrogens (tertiary/aromatic N) is 1. The number of furan rings is 1. The zero-order chi connectivity index (χ0) is 18.7. The molecule has 2 aromatic carbocycles. The van der Waals surface area contributed by atoms with Gasteiger partial charge in [-0.1, -0.05) is 12.1 Å². The summed E-state index contributed by atoms with van der Waals surface area (Å²) in [5, 5.41) is 12.5. The van der Waals surface area contributed by atoms with Gasteiger partial charge in [0.1, 0.15) is 17.6 Å². The molecule has 0 saturated carbocycles. The number of amides is 1. The molecule has 1 atom stereocenters. The second-order valence-corrected chi connectivity index (χ2v) is 5.80. The van der Waals surface area contributed by atoms with Crippen LogP contribution in [0.3, 0.4) is 0 Å². The summed E-state index contributed by atoms with van der Waals surface area (Å²) in [7, 11) is 1.51. The zero-order valence-corrected chi connectivity index (χ0v) is 14.3. The lowest BCUT2D eigenvalue weighted by molar-refractivity contribution is -0.117. The van der Waals surface area contributed by atoms with E-state index in [1.807, 2.05) is 13.0 Å². The first kappa shape index (κ1) is 17.2. The van der Waals surface area contributed by atoms with Crippen molar-refractivity contribution in [2.24, 2.45) is 5.92 Å². The van der Waals surface area contributed by atoms with Crippen LogP contribution < -0.4 is 10.1 Å². The molecule has 0 radical (unpaired) electrons. The Bertz CT molecular complexity index is 1030. The van der Waals surface area contributed by atoms with Gasteiger partial charge in [-0.2, -0.15) is 5.26 Å². The Labute approximate surface area is 150 Å². The van der Waals surface area contributed by atoms with Gasteiger partial charge in [-0.3, -0.25) is 9.59 Å². The van der Waals surface area contributed by atoms with Crippen LogP contribution in [0.15, 0.2) is 53.1 Å². The molecule has 0 fully saturated rings. The van der Waals surface area contributed by atoms with E-state index < -0.39 is 17.6 Å². The third-order valence-corrected chi connectivity index (χ3v) is 3.99. The molecule has 3 rings (SSSR count). The highest BCUT2D eigenvalue weighted by Gasteiger charge is 2.30. The Hall–Kier alpha value is -3.59. The first-order valence-electron chi connectivity index (χ1n) is 7.90. The smallest absolute Gasteiger partial charge is 0.249 e. The maximum Gasteiger partial charge on any atom is 0.249 e. The van der Waals surface area contributed by atoms with E-state index in [1.165, 1.54) is 13.4 Å². The fourth-order valence-corrected chi connectivity index (χ4v) is 2.66. The fourth-order valence-electron chi connectivity index (χ4n) is 2.66. The van der Waals surface area contributed by atoms with Crippen LogP contribution >= 0.6 is 0 Å². The zero-order valence-electron chi connectivity index (χ0n) is 14.3. The molecule has 0 aliphatic rings. The summed E-state index contributed by atoms with van der Waals surface area (Å²) < 4.78 is 10.5. The van der Waals surface area contributed by atoms with Gasteiger partial charge >= 0.3 is 0 Å². The summed E-state index contributed by atoms with van der Waals surface area (Å²) in [6.07, 6.45) is 1.26. The average Bonchev–Trinajstić information content (AvgIpc) is 3.05. The molecule has 0 saturated heterocycles. The first-order chi connectivity index (χ1) is 12.5. The number of nitriles is 1. The molecule has 1 N–H and O–H groups in total. The number of hydrogen-bond acceptors (Lipinski definition) is 5. The number of ketones is 1. The molecule has 3 aromatic rings. The number of nitrogens with one attached hydrogen (secondary N) is 1. The van der Waals surface area contributed by atoms with Crippen LogP contribution in [0.25, 0.3) is 11.0 Å². The van der Waals surface area contributed by atoms with E-state index in [2.05, 4.69) is 5.32 Å². The highest BCUT2D eigenvalue weighted by Crippen LogP contribution is 2.28. The van der Waals surface area contributed by atoms with Crippen molar-refractivity contribution in [3.05, 3.63) is 59.9 Å². The van der Waals surface area contributed by atoms with Crippen LogP contribution in [-0.2, 0) is 4.79 Å². The van der Waals surface area contributed by atoms with Gasteiger partial charge in [-0.15, -0.1) is 0 Å². The lowest BCUT2D eigenvalue weighted by atomic mass is 9.97. The molecule has 0 aliphatic carbocycles. The quantitative estimate of drug-likeness (QED) is 0.560. The van der Waals surface area contributed by atoms with Gasteiger partial charge in [0.2, 0.25) is 5.91 Å². The highest BCUT2D eigenvalue weighted by atomic mass is 16.5. The Balaban J connectivity index is 1.89. The van der Waals surface area contributed by atoms with Crippen molar-refractivity contribution in [3.8, 4) is 11.8 Å². The molecule has 0 aliphatic heterocycles. The molecule has 1 heterocycles. The van der Waals surface area contributed by atoms with E-state index in [4.69, 9.17) is 9.15 Å². The second kappa shape index (κ2) is 7.11. The van der Waals surface area contributed by atoms with Gasteiger partial charge in [0.15, 0.2) is 11.7 Å². The third kappa shape index (κ3) is 3.28. The van der Waals surface area contributed by atoms with Gasteiger partial charge < -0.3 is 14.5 Å². The number of ether oxygens (including phenoxy) is 1. The maximum absolute atomic E-state index is 12.8. The molecule has 6 nitrogen and oxygen atoms in total. The predicted molar refractivity (Wildman–Crippen MR) is 96.0 cm³/mol. The summed E-state index contributed by atoms with van der Waals surface area (Å²) in [6.45, 7) is 1.88. The molecule has 6 heteroatoms. The van der Waals surface area contributed by atoms with Crippen molar-refractivity contribution in [2.45, 2.75) is 6.92 Å². The number of fused-ring (bicyclic) bond motifs is 1.